The fraction of sp³-hybridized carbons (Fsp3) is 0.333. The Kier molecular flexibility index (Phi) is 5.94. The third-order valence-corrected chi connectivity index (χ3v) is 5.19. The van der Waals surface area contributed by atoms with Crippen LogP contribution in [0.15, 0.2) is 43.0 Å². The Hall–Kier alpha value is -0.290. The molecular weight excluding hydrogens is 288 g/mol. The summed E-state index contributed by atoms with van der Waals surface area (Å²) in [6.45, 7) is 3.65. The molecule has 1 nitrogen and oxygen atoms in total. The van der Waals surface area contributed by atoms with Crippen LogP contribution in [-0.2, 0) is 0 Å². The summed E-state index contributed by atoms with van der Waals surface area (Å²) in [6, 6.07) is 10.5. The van der Waals surface area contributed by atoms with Crippen molar-refractivity contribution in [3.8, 4) is 0 Å². The van der Waals surface area contributed by atoms with Gasteiger partial charge < -0.3 is 0 Å². The molecule has 1 rings (SSSR count). The summed E-state index contributed by atoms with van der Waals surface area (Å²) in [5.74, 6) is 0. The first kappa shape index (κ1) is 11.8. The molecule has 0 aliphatic heterocycles. The maximum absolute atomic E-state index is 9.63. The summed E-state index contributed by atoms with van der Waals surface area (Å²) in [5.41, 5.74) is 0. The molecule has 0 fully saturated rings. The van der Waals surface area contributed by atoms with Crippen LogP contribution >= 0.6 is 0 Å². The molecule has 1 aromatic carbocycles. The SMILES string of the molecule is C=CCCC(O)C[Te]c1ccccc1. The van der Waals surface area contributed by atoms with E-state index < -0.39 is 0 Å². The quantitative estimate of drug-likeness (QED) is 0.627. The molecule has 0 saturated heterocycles. The van der Waals surface area contributed by atoms with E-state index in [4.69, 9.17) is 0 Å². The summed E-state index contributed by atoms with van der Waals surface area (Å²) < 4.78 is 2.40. The average Bonchev–Trinajstić information content (AvgIpc) is 2.25. The topological polar surface area (TPSA) is 20.2 Å². The number of benzene rings is 1. The first-order valence-electron chi connectivity index (χ1n) is 4.79. The molecule has 76 valence electrons. The van der Waals surface area contributed by atoms with Crippen LogP contribution in [0.2, 0.25) is 4.47 Å². The molecule has 1 unspecified atom stereocenters. The monoisotopic (exact) mass is 306 g/mol. The number of aliphatic hydroxyl groups excluding tert-OH is 1. The van der Waals surface area contributed by atoms with E-state index in [-0.39, 0.29) is 27.0 Å². The second-order valence-electron chi connectivity index (χ2n) is 3.14. The summed E-state index contributed by atoms with van der Waals surface area (Å²) in [4.78, 5) is 0. The van der Waals surface area contributed by atoms with Gasteiger partial charge in [0.1, 0.15) is 0 Å². The number of aliphatic hydroxyl groups is 1. The van der Waals surface area contributed by atoms with Gasteiger partial charge in [-0.1, -0.05) is 0 Å². The Balaban J connectivity index is 2.23. The predicted octanol–water partition coefficient (Wildman–Crippen LogP) is 1.76. The van der Waals surface area contributed by atoms with Gasteiger partial charge >= 0.3 is 96.0 Å². The molecule has 0 saturated carbocycles. The molecule has 0 amide bonds. The molecule has 1 aromatic rings. The van der Waals surface area contributed by atoms with Crippen molar-refractivity contribution >= 4 is 24.5 Å². The van der Waals surface area contributed by atoms with Gasteiger partial charge in [-0.05, 0) is 0 Å². The van der Waals surface area contributed by atoms with Crippen molar-refractivity contribution in [3.05, 3.63) is 43.0 Å². The minimum absolute atomic E-state index is 0.129. The van der Waals surface area contributed by atoms with E-state index in [1.807, 2.05) is 12.1 Å². The van der Waals surface area contributed by atoms with Crippen LogP contribution in [0.1, 0.15) is 12.8 Å². The van der Waals surface area contributed by atoms with Gasteiger partial charge in [-0.2, -0.15) is 0 Å². The molecule has 0 aliphatic carbocycles. The van der Waals surface area contributed by atoms with Crippen molar-refractivity contribution in [2.45, 2.75) is 23.4 Å². The molecule has 0 bridgehead atoms. The first-order chi connectivity index (χ1) is 6.83. The number of hydrogen-bond acceptors (Lipinski definition) is 1. The first-order valence-corrected chi connectivity index (χ1v) is 7.61. The summed E-state index contributed by atoms with van der Waals surface area (Å²) in [7, 11) is 0. The number of hydrogen-bond donors (Lipinski definition) is 1. The molecule has 0 radical (unpaired) electrons. The van der Waals surface area contributed by atoms with Crippen molar-refractivity contribution in [2.24, 2.45) is 0 Å². The molecule has 0 spiro atoms. The van der Waals surface area contributed by atoms with Crippen LogP contribution in [0.4, 0.5) is 0 Å². The second-order valence-corrected chi connectivity index (χ2v) is 6.26. The number of rotatable bonds is 6. The van der Waals surface area contributed by atoms with Gasteiger partial charge in [0.25, 0.3) is 0 Å². The van der Waals surface area contributed by atoms with E-state index in [0.29, 0.717) is 0 Å². The van der Waals surface area contributed by atoms with Crippen LogP contribution in [0.5, 0.6) is 0 Å². The van der Waals surface area contributed by atoms with Gasteiger partial charge in [-0.15, -0.1) is 0 Å². The van der Waals surface area contributed by atoms with Gasteiger partial charge in [-0.25, -0.2) is 0 Å². The fourth-order valence-electron chi connectivity index (χ4n) is 1.10. The van der Waals surface area contributed by atoms with Gasteiger partial charge in [0.05, 0.1) is 0 Å². The molecular formula is C12H16OTe. The Morgan fingerprint density at radius 2 is 2.07 bits per heavy atom. The third kappa shape index (κ3) is 4.81. The van der Waals surface area contributed by atoms with Crippen molar-refractivity contribution < 1.29 is 5.11 Å². The summed E-state index contributed by atoms with van der Waals surface area (Å²) in [6.07, 6.45) is 3.52. The van der Waals surface area contributed by atoms with E-state index in [0.717, 1.165) is 17.3 Å². The zero-order valence-corrected chi connectivity index (χ0v) is 10.6. The molecule has 0 aromatic heterocycles. The van der Waals surface area contributed by atoms with E-state index in [9.17, 15) is 5.11 Å². The van der Waals surface area contributed by atoms with Crippen LogP contribution in [0.3, 0.4) is 0 Å². The predicted molar refractivity (Wildman–Crippen MR) is 62.1 cm³/mol. The van der Waals surface area contributed by atoms with Crippen LogP contribution in [0.25, 0.3) is 0 Å². The van der Waals surface area contributed by atoms with E-state index in [2.05, 4.69) is 30.8 Å². The van der Waals surface area contributed by atoms with Crippen molar-refractivity contribution in [2.75, 3.05) is 0 Å². The van der Waals surface area contributed by atoms with E-state index in [1.165, 1.54) is 3.61 Å². The average molecular weight is 304 g/mol. The standard InChI is InChI=1S/C12H16OTe/c1-2-3-7-11(13)10-14-12-8-5-4-6-9-12/h2,4-6,8-9,11,13H,1,3,7,10H2. The Morgan fingerprint density at radius 3 is 2.71 bits per heavy atom. The Morgan fingerprint density at radius 1 is 1.36 bits per heavy atom. The van der Waals surface area contributed by atoms with Gasteiger partial charge in [0.15, 0.2) is 0 Å². The normalized spacial score (nSPS) is 12.4. The van der Waals surface area contributed by atoms with Crippen molar-refractivity contribution in [1.29, 1.82) is 0 Å². The molecule has 1 atom stereocenters. The van der Waals surface area contributed by atoms with Gasteiger partial charge in [-0.3, -0.25) is 0 Å². The molecule has 1 N–H and O–H groups in total. The van der Waals surface area contributed by atoms with Crippen LogP contribution in [-0.4, -0.2) is 32.1 Å². The molecule has 0 aliphatic rings. The minimum atomic E-state index is -0.193. The van der Waals surface area contributed by atoms with E-state index >= 15 is 0 Å². The van der Waals surface area contributed by atoms with Crippen LogP contribution < -0.4 is 3.61 Å². The second kappa shape index (κ2) is 7.06. The summed E-state index contributed by atoms with van der Waals surface area (Å²) >= 11 is -0.193. The van der Waals surface area contributed by atoms with E-state index in [1.54, 1.807) is 0 Å². The fourth-order valence-corrected chi connectivity index (χ4v) is 3.67. The zero-order valence-electron chi connectivity index (χ0n) is 8.23. The summed E-state index contributed by atoms with van der Waals surface area (Å²) in [5, 5.41) is 9.63. The number of allylic oxidation sites excluding steroid dienone is 1. The van der Waals surface area contributed by atoms with Crippen LogP contribution in [0, 0.1) is 0 Å². The molecule has 2 heteroatoms. The van der Waals surface area contributed by atoms with Crippen molar-refractivity contribution in [3.63, 3.8) is 0 Å². The van der Waals surface area contributed by atoms with Gasteiger partial charge in [0, 0.05) is 0 Å². The molecule has 0 heterocycles. The third-order valence-electron chi connectivity index (χ3n) is 1.89. The zero-order chi connectivity index (χ0) is 10.2. The molecule has 14 heavy (non-hydrogen) atoms. The van der Waals surface area contributed by atoms with Gasteiger partial charge in [0.2, 0.25) is 0 Å². The van der Waals surface area contributed by atoms with Crippen molar-refractivity contribution in [1.82, 2.24) is 0 Å². The maximum atomic E-state index is 9.63. The Labute approximate surface area is 95.9 Å². The Bertz CT molecular complexity index is 258.